The van der Waals surface area contributed by atoms with E-state index in [9.17, 15) is 14.4 Å². The first-order valence-corrected chi connectivity index (χ1v) is 11.8. The second-order valence-electron chi connectivity index (χ2n) is 9.38. The van der Waals surface area contributed by atoms with Gasteiger partial charge >= 0.3 is 0 Å². The summed E-state index contributed by atoms with van der Waals surface area (Å²) in [6.45, 7) is 5.84. The SMILES string of the molecule is CCC(C)(C)C(=O)C(=O)N1CCCCC1(CC(c1ccccc1)c1ccccc1)C(=O)[S-]. The van der Waals surface area contributed by atoms with Crippen molar-refractivity contribution in [3.8, 4) is 0 Å². The minimum Gasteiger partial charge on any atom is -0.740 e. The summed E-state index contributed by atoms with van der Waals surface area (Å²) < 4.78 is 0. The number of nitrogens with zero attached hydrogens (tertiary/aromatic N) is 1. The summed E-state index contributed by atoms with van der Waals surface area (Å²) >= 11 is 5.29. The quantitative estimate of drug-likeness (QED) is 0.418. The van der Waals surface area contributed by atoms with Crippen LogP contribution in [0.25, 0.3) is 0 Å². The maximum Gasteiger partial charge on any atom is 0.291 e. The fourth-order valence-electron chi connectivity index (χ4n) is 4.55. The lowest BCUT2D eigenvalue weighted by atomic mass is 9.74. The van der Waals surface area contributed by atoms with E-state index in [0.29, 0.717) is 25.8 Å². The number of piperidine rings is 1. The van der Waals surface area contributed by atoms with E-state index in [2.05, 4.69) is 0 Å². The number of Topliss-reactive ketones (excluding diaryl/α,β-unsaturated/α-hetero) is 1. The van der Waals surface area contributed by atoms with E-state index in [0.717, 1.165) is 24.0 Å². The molecule has 1 unspecified atom stereocenters. The van der Waals surface area contributed by atoms with Crippen LogP contribution in [0.4, 0.5) is 0 Å². The Labute approximate surface area is 196 Å². The van der Waals surface area contributed by atoms with Crippen LogP contribution in [0, 0.1) is 5.41 Å². The molecule has 0 bridgehead atoms. The fourth-order valence-corrected chi connectivity index (χ4v) is 4.84. The van der Waals surface area contributed by atoms with Gasteiger partial charge in [0.25, 0.3) is 5.91 Å². The van der Waals surface area contributed by atoms with Crippen molar-refractivity contribution in [1.29, 1.82) is 0 Å². The number of carbonyl (C=O) groups is 3. The van der Waals surface area contributed by atoms with Crippen LogP contribution >= 0.6 is 0 Å². The molecule has 32 heavy (non-hydrogen) atoms. The zero-order valence-corrected chi connectivity index (χ0v) is 20.0. The maximum atomic E-state index is 13.5. The Hall–Kier alpha value is -2.53. The number of amides is 1. The van der Waals surface area contributed by atoms with Gasteiger partial charge in [-0.25, -0.2) is 0 Å². The molecule has 5 heteroatoms. The zero-order chi connectivity index (χ0) is 23.4. The standard InChI is InChI=1S/C27H33NO3S/c1-4-26(2,3)23(29)24(30)28-18-12-11-17-27(28,25(31)32)19-22(20-13-7-5-8-14-20)21-15-9-6-10-16-21/h5-10,13-16,22H,4,11-12,17-19H2,1-3H3,(H,31,32)/p-1. The van der Waals surface area contributed by atoms with Crippen molar-refractivity contribution >= 4 is 29.4 Å². The van der Waals surface area contributed by atoms with Crippen LogP contribution in [0.3, 0.4) is 0 Å². The number of rotatable bonds is 8. The third-order valence-electron chi connectivity index (χ3n) is 7.00. The third kappa shape index (κ3) is 4.78. The van der Waals surface area contributed by atoms with Gasteiger partial charge in [-0.1, -0.05) is 81.4 Å². The largest absolute Gasteiger partial charge is 0.740 e. The van der Waals surface area contributed by atoms with Crippen molar-refractivity contribution in [1.82, 2.24) is 4.90 Å². The highest BCUT2D eigenvalue weighted by Gasteiger charge is 2.47. The first-order chi connectivity index (χ1) is 15.2. The van der Waals surface area contributed by atoms with Gasteiger partial charge in [-0.15, -0.1) is 0 Å². The number of hydrogen-bond donors (Lipinski definition) is 0. The average molecular weight is 451 g/mol. The van der Waals surface area contributed by atoms with Crippen molar-refractivity contribution in [2.45, 2.75) is 64.3 Å². The zero-order valence-electron chi connectivity index (χ0n) is 19.2. The molecule has 0 aromatic heterocycles. The van der Waals surface area contributed by atoms with Crippen molar-refractivity contribution in [3.63, 3.8) is 0 Å². The summed E-state index contributed by atoms with van der Waals surface area (Å²) in [6.07, 6.45) is 2.97. The summed E-state index contributed by atoms with van der Waals surface area (Å²) in [5, 5.41) is -0.454. The Morgan fingerprint density at radius 3 is 1.97 bits per heavy atom. The lowest BCUT2D eigenvalue weighted by Gasteiger charge is -2.50. The van der Waals surface area contributed by atoms with Gasteiger partial charge in [0.2, 0.25) is 5.78 Å². The average Bonchev–Trinajstić information content (AvgIpc) is 2.82. The third-order valence-corrected chi connectivity index (χ3v) is 7.38. The van der Waals surface area contributed by atoms with Gasteiger partial charge in [-0.05, 0) is 43.2 Å². The van der Waals surface area contributed by atoms with Crippen LogP contribution in [0.2, 0.25) is 0 Å². The molecule has 1 atom stereocenters. The molecule has 2 aromatic carbocycles. The molecule has 0 aliphatic carbocycles. The van der Waals surface area contributed by atoms with Gasteiger partial charge in [0.15, 0.2) is 0 Å². The highest BCUT2D eigenvalue weighted by atomic mass is 32.1. The van der Waals surface area contributed by atoms with Crippen LogP contribution in [-0.2, 0) is 27.0 Å². The highest BCUT2D eigenvalue weighted by molar-refractivity contribution is 7.77. The highest BCUT2D eigenvalue weighted by Crippen LogP contribution is 2.41. The molecular weight excluding hydrogens is 418 g/mol. The lowest BCUT2D eigenvalue weighted by molar-refractivity contribution is -0.157. The Morgan fingerprint density at radius 1 is 0.969 bits per heavy atom. The number of ketones is 1. The van der Waals surface area contributed by atoms with Gasteiger partial charge in [-0.2, -0.15) is 0 Å². The predicted octanol–water partition coefficient (Wildman–Crippen LogP) is 5.04. The first-order valence-electron chi connectivity index (χ1n) is 11.4. The number of carbonyl (C=O) groups excluding carboxylic acids is 3. The van der Waals surface area contributed by atoms with Crippen molar-refractivity contribution in [3.05, 3.63) is 71.8 Å². The van der Waals surface area contributed by atoms with Crippen LogP contribution in [0.15, 0.2) is 60.7 Å². The lowest BCUT2D eigenvalue weighted by Crippen LogP contribution is -2.62. The molecule has 4 nitrogen and oxygen atoms in total. The molecule has 3 rings (SSSR count). The molecule has 1 amide bonds. The number of likely N-dealkylation sites (tertiary alicyclic amines) is 1. The normalized spacial score (nSPS) is 19.1. The summed E-state index contributed by atoms with van der Waals surface area (Å²) in [6, 6.07) is 20.0. The fraction of sp³-hybridized carbons (Fsp3) is 0.444. The van der Waals surface area contributed by atoms with E-state index < -0.39 is 27.8 Å². The molecular formula is C27H32NO3S-. The van der Waals surface area contributed by atoms with E-state index >= 15 is 0 Å². The molecule has 170 valence electrons. The summed E-state index contributed by atoms with van der Waals surface area (Å²) in [5.74, 6) is -1.14. The minimum atomic E-state index is -1.17. The second-order valence-corrected chi connectivity index (χ2v) is 9.75. The van der Waals surface area contributed by atoms with Crippen molar-refractivity contribution in [2.75, 3.05) is 6.54 Å². The molecule has 0 radical (unpaired) electrons. The predicted molar refractivity (Wildman–Crippen MR) is 129 cm³/mol. The molecule has 1 aliphatic heterocycles. The Kier molecular flexibility index (Phi) is 7.50. The van der Waals surface area contributed by atoms with E-state index in [1.807, 2.05) is 67.6 Å². The molecule has 1 heterocycles. The van der Waals surface area contributed by atoms with E-state index in [1.54, 1.807) is 13.8 Å². The summed E-state index contributed by atoms with van der Waals surface area (Å²) in [4.78, 5) is 41.2. The van der Waals surface area contributed by atoms with Crippen molar-refractivity contribution in [2.24, 2.45) is 5.41 Å². The molecule has 2 aromatic rings. The monoisotopic (exact) mass is 450 g/mol. The van der Waals surface area contributed by atoms with Gasteiger partial charge in [-0.3, -0.25) is 9.59 Å². The minimum absolute atomic E-state index is 0.119. The van der Waals surface area contributed by atoms with Gasteiger partial charge in [0.05, 0.1) is 5.54 Å². The Morgan fingerprint density at radius 2 is 1.50 bits per heavy atom. The molecule has 0 N–H and O–H groups in total. The molecule has 0 spiro atoms. The first kappa shape index (κ1) is 24.1. The summed E-state index contributed by atoms with van der Waals surface area (Å²) in [5.41, 5.74) is 0.184. The van der Waals surface area contributed by atoms with Crippen LogP contribution < -0.4 is 0 Å². The Bertz CT molecular complexity index is 918. The maximum absolute atomic E-state index is 13.5. The van der Waals surface area contributed by atoms with Crippen LogP contribution in [-0.4, -0.2) is 33.8 Å². The molecule has 1 fully saturated rings. The van der Waals surface area contributed by atoms with Crippen LogP contribution in [0.1, 0.15) is 69.9 Å². The molecule has 0 saturated carbocycles. The number of hydrogen-bond acceptors (Lipinski definition) is 4. The Balaban J connectivity index is 2.07. The molecule has 1 aliphatic rings. The smallest absolute Gasteiger partial charge is 0.291 e. The summed E-state index contributed by atoms with van der Waals surface area (Å²) in [7, 11) is 0. The van der Waals surface area contributed by atoms with Crippen LogP contribution in [0.5, 0.6) is 0 Å². The second kappa shape index (κ2) is 9.95. The van der Waals surface area contributed by atoms with Gasteiger partial charge in [0, 0.05) is 23.0 Å². The molecule has 1 saturated heterocycles. The van der Waals surface area contributed by atoms with E-state index in [4.69, 9.17) is 12.6 Å². The number of benzene rings is 2. The van der Waals surface area contributed by atoms with Gasteiger partial charge in [0.1, 0.15) is 0 Å². The topological polar surface area (TPSA) is 54.5 Å². The van der Waals surface area contributed by atoms with E-state index in [-0.39, 0.29) is 5.92 Å². The van der Waals surface area contributed by atoms with E-state index in [1.165, 1.54) is 4.90 Å². The van der Waals surface area contributed by atoms with Gasteiger partial charge < -0.3 is 22.3 Å². The van der Waals surface area contributed by atoms with Crippen molar-refractivity contribution < 1.29 is 14.4 Å².